The predicted octanol–water partition coefficient (Wildman–Crippen LogP) is 2.09. The molecule has 0 bridgehead atoms. The van der Waals surface area contributed by atoms with Crippen LogP contribution in [-0.2, 0) is 6.42 Å². The Morgan fingerprint density at radius 3 is 2.57 bits per heavy atom. The van der Waals surface area contributed by atoms with Crippen LogP contribution >= 0.6 is 11.6 Å². The van der Waals surface area contributed by atoms with Gasteiger partial charge in [-0.05, 0) is 13.3 Å². The molecule has 0 aliphatic rings. The monoisotopic (exact) mass is 214 g/mol. The van der Waals surface area contributed by atoms with Crippen molar-refractivity contribution < 1.29 is 9.90 Å². The molecule has 76 valence electrons. The van der Waals surface area contributed by atoms with Gasteiger partial charge < -0.3 is 5.11 Å². The van der Waals surface area contributed by atoms with E-state index in [4.69, 9.17) is 16.7 Å². The standard InChI is InChI=1S/C9H11ClN2O2/c1-3-4-6-11-5(2)7(9(13)14)8(10)12-6/h3-4H2,1-2H3,(H,13,14). The van der Waals surface area contributed by atoms with E-state index in [-0.39, 0.29) is 10.7 Å². The first-order valence-corrected chi connectivity index (χ1v) is 4.70. The Balaban J connectivity index is 3.18. The molecular formula is C9H11ClN2O2. The summed E-state index contributed by atoms with van der Waals surface area (Å²) in [6.45, 7) is 3.62. The van der Waals surface area contributed by atoms with E-state index in [0.717, 1.165) is 6.42 Å². The highest BCUT2D eigenvalue weighted by molar-refractivity contribution is 6.32. The van der Waals surface area contributed by atoms with Crippen LogP contribution in [0.1, 0.15) is 35.2 Å². The Labute approximate surface area is 87.0 Å². The summed E-state index contributed by atoms with van der Waals surface area (Å²) in [5, 5.41) is 8.82. The minimum Gasteiger partial charge on any atom is -0.478 e. The Morgan fingerprint density at radius 2 is 2.14 bits per heavy atom. The first kappa shape index (κ1) is 10.9. The Morgan fingerprint density at radius 1 is 1.50 bits per heavy atom. The quantitative estimate of drug-likeness (QED) is 0.783. The third-order valence-corrected chi connectivity index (χ3v) is 2.05. The molecule has 14 heavy (non-hydrogen) atoms. The summed E-state index contributed by atoms with van der Waals surface area (Å²) in [5.74, 6) is -0.490. The first-order chi connectivity index (χ1) is 6.56. The average molecular weight is 215 g/mol. The Hall–Kier alpha value is -1.16. The number of aryl methyl sites for hydroxylation is 2. The Kier molecular flexibility index (Phi) is 3.41. The number of hydrogen-bond acceptors (Lipinski definition) is 3. The van der Waals surface area contributed by atoms with Crippen LogP contribution in [0.4, 0.5) is 0 Å². The lowest BCUT2D eigenvalue weighted by molar-refractivity contribution is 0.0695. The molecule has 1 rings (SSSR count). The second kappa shape index (κ2) is 4.37. The average Bonchev–Trinajstić information content (AvgIpc) is 2.01. The van der Waals surface area contributed by atoms with Gasteiger partial charge in [-0.15, -0.1) is 0 Å². The van der Waals surface area contributed by atoms with Crippen molar-refractivity contribution in [3.8, 4) is 0 Å². The van der Waals surface area contributed by atoms with E-state index in [1.807, 2.05) is 6.92 Å². The molecular weight excluding hydrogens is 204 g/mol. The van der Waals surface area contributed by atoms with Crippen molar-refractivity contribution in [2.75, 3.05) is 0 Å². The molecule has 1 aromatic rings. The second-order valence-corrected chi connectivity index (χ2v) is 3.30. The lowest BCUT2D eigenvalue weighted by Gasteiger charge is -2.04. The van der Waals surface area contributed by atoms with Gasteiger partial charge in [-0.25, -0.2) is 14.8 Å². The minimum atomic E-state index is -1.09. The van der Waals surface area contributed by atoms with E-state index in [0.29, 0.717) is 17.9 Å². The van der Waals surface area contributed by atoms with Crippen LogP contribution in [0.3, 0.4) is 0 Å². The largest absolute Gasteiger partial charge is 0.478 e. The second-order valence-electron chi connectivity index (χ2n) is 2.95. The van der Waals surface area contributed by atoms with Crippen molar-refractivity contribution in [2.45, 2.75) is 26.7 Å². The smallest absolute Gasteiger partial charge is 0.340 e. The van der Waals surface area contributed by atoms with Gasteiger partial charge in [0, 0.05) is 6.42 Å². The molecule has 1 aromatic heterocycles. The molecule has 0 unspecified atom stereocenters. The van der Waals surface area contributed by atoms with E-state index in [2.05, 4.69) is 9.97 Å². The van der Waals surface area contributed by atoms with Crippen LogP contribution in [0.15, 0.2) is 0 Å². The van der Waals surface area contributed by atoms with Gasteiger partial charge in [0.1, 0.15) is 16.5 Å². The normalized spacial score (nSPS) is 10.2. The Bertz CT molecular complexity index is 343. The van der Waals surface area contributed by atoms with Crippen molar-refractivity contribution in [2.24, 2.45) is 0 Å². The SMILES string of the molecule is CCCc1nc(C)c(C(=O)O)c(Cl)n1. The van der Waals surface area contributed by atoms with Crippen molar-refractivity contribution in [1.82, 2.24) is 9.97 Å². The van der Waals surface area contributed by atoms with Gasteiger partial charge in [-0.3, -0.25) is 0 Å². The molecule has 1 N–H and O–H groups in total. The van der Waals surface area contributed by atoms with Gasteiger partial charge in [0.25, 0.3) is 0 Å². The van der Waals surface area contributed by atoms with Crippen LogP contribution in [0, 0.1) is 6.92 Å². The highest BCUT2D eigenvalue weighted by Gasteiger charge is 2.15. The van der Waals surface area contributed by atoms with E-state index >= 15 is 0 Å². The topological polar surface area (TPSA) is 63.1 Å². The van der Waals surface area contributed by atoms with Crippen molar-refractivity contribution in [3.63, 3.8) is 0 Å². The van der Waals surface area contributed by atoms with Crippen molar-refractivity contribution in [1.29, 1.82) is 0 Å². The molecule has 4 nitrogen and oxygen atoms in total. The van der Waals surface area contributed by atoms with Crippen LogP contribution in [0.5, 0.6) is 0 Å². The van der Waals surface area contributed by atoms with Gasteiger partial charge in [0.2, 0.25) is 0 Å². The summed E-state index contributed by atoms with van der Waals surface area (Å²) in [6.07, 6.45) is 1.61. The zero-order valence-corrected chi connectivity index (χ0v) is 8.80. The van der Waals surface area contributed by atoms with E-state index in [1.165, 1.54) is 0 Å². The van der Waals surface area contributed by atoms with E-state index in [1.54, 1.807) is 6.92 Å². The summed E-state index contributed by atoms with van der Waals surface area (Å²) in [6, 6.07) is 0. The summed E-state index contributed by atoms with van der Waals surface area (Å²) >= 11 is 5.73. The highest BCUT2D eigenvalue weighted by atomic mass is 35.5. The molecule has 0 aromatic carbocycles. The van der Waals surface area contributed by atoms with Crippen LogP contribution in [0.25, 0.3) is 0 Å². The van der Waals surface area contributed by atoms with Gasteiger partial charge in [-0.1, -0.05) is 18.5 Å². The third kappa shape index (κ3) is 2.20. The van der Waals surface area contributed by atoms with E-state index < -0.39 is 5.97 Å². The molecule has 0 atom stereocenters. The maximum atomic E-state index is 10.7. The molecule has 0 aliphatic carbocycles. The zero-order chi connectivity index (χ0) is 10.7. The van der Waals surface area contributed by atoms with Gasteiger partial charge in [0.05, 0.1) is 5.69 Å². The number of rotatable bonds is 3. The predicted molar refractivity (Wildman–Crippen MR) is 52.7 cm³/mol. The molecule has 0 aliphatic heterocycles. The van der Waals surface area contributed by atoms with Crippen LogP contribution in [0.2, 0.25) is 5.15 Å². The summed E-state index contributed by atoms with van der Waals surface area (Å²) < 4.78 is 0. The number of aromatic nitrogens is 2. The number of hydrogen-bond donors (Lipinski definition) is 1. The van der Waals surface area contributed by atoms with Crippen molar-refractivity contribution in [3.05, 3.63) is 22.2 Å². The number of nitrogens with zero attached hydrogens (tertiary/aromatic N) is 2. The van der Waals surface area contributed by atoms with Crippen LogP contribution in [-0.4, -0.2) is 21.0 Å². The van der Waals surface area contributed by atoms with E-state index in [9.17, 15) is 4.79 Å². The fourth-order valence-electron chi connectivity index (χ4n) is 1.17. The number of carboxylic acid groups (broad SMARTS) is 1. The molecule has 0 saturated heterocycles. The number of halogens is 1. The molecule has 0 radical (unpaired) electrons. The molecule has 0 spiro atoms. The summed E-state index contributed by atoms with van der Waals surface area (Å²) in [5.41, 5.74) is 0.410. The minimum absolute atomic E-state index is 0.00785. The maximum Gasteiger partial charge on any atom is 0.340 e. The molecule has 0 amide bonds. The van der Waals surface area contributed by atoms with Crippen LogP contribution < -0.4 is 0 Å². The highest BCUT2D eigenvalue weighted by Crippen LogP contribution is 2.16. The number of carboxylic acids is 1. The fourth-order valence-corrected chi connectivity index (χ4v) is 1.49. The van der Waals surface area contributed by atoms with Crippen molar-refractivity contribution >= 4 is 17.6 Å². The third-order valence-electron chi connectivity index (χ3n) is 1.78. The summed E-state index contributed by atoms with van der Waals surface area (Å²) in [7, 11) is 0. The fraction of sp³-hybridized carbons (Fsp3) is 0.444. The molecule has 0 fully saturated rings. The number of aromatic carboxylic acids is 1. The maximum absolute atomic E-state index is 10.7. The van der Waals surface area contributed by atoms with Gasteiger partial charge in [0.15, 0.2) is 0 Å². The lowest BCUT2D eigenvalue weighted by Crippen LogP contribution is -2.08. The zero-order valence-electron chi connectivity index (χ0n) is 8.04. The molecule has 0 saturated carbocycles. The molecule has 5 heteroatoms. The van der Waals surface area contributed by atoms with Gasteiger partial charge in [-0.2, -0.15) is 0 Å². The first-order valence-electron chi connectivity index (χ1n) is 4.32. The van der Waals surface area contributed by atoms with Gasteiger partial charge >= 0.3 is 5.97 Å². The lowest BCUT2D eigenvalue weighted by atomic mass is 10.2. The summed E-state index contributed by atoms with van der Waals surface area (Å²) in [4.78, 5) is 18.7. The molecule has 1 heterocycles. The number of carbonyl (C=O) groups is 1.